The van der Waals surface area contributed by atoms with E-state index in [0.29, 0.717) is 24.4 Å². The Hall–Kier alpha value is -2.84. The van der Waals surface area contributed by atoms with Gasteiger partial charge in [0, 0.05) is 45.0 Å². The standard InChI is InChI=1S/C22H30N4O4/c1-4-10-25-11-13-26(14-12-25)15-18-19(21(27)29-3)20(24-22(28)23-18)16-6-8-17(9-7-16)30-5-2/h4,6-9,20H,1,5,10-15H2,2-3H3,(H2,23,24,28). The molecule has 8 nitrogen and oxygen atoms in total. The van der Waals surface area contributed by atoms with Gasteiger partial charge in [-0.25, -0.2) is 9.59 Å². The van der Waals surface area contributed by atoms with Crippen molar-refractivity contribution in [3.05, 3.63) is 53.8 Å². The molecule has 1 unspecified atom stereocenters. The smallest absolute Gasteiger partial charge is 0.338 e. The van der Waals surface area contributed by atoms with Crippen LogP contribution in [0.1, 0.15) is 18.5 Å². The van der Waals surface area contributed by atoms with Gasteiger partial charge in [0.2, 0.25) is 0 Å². The maximum atomic E-state index is 12.7. The van der Waals surface area contributed by atoms with E-state index in [9.17, 15) is 9.59 Å². The summed E-state index contributed by atoms with van der Waals surface area (Å²) in [7, 11) is 1.35. The van der Waals surface area contributed by atoms with E-state index in [2.05, 4.69) is 27.0 Å². The van der Waals surface area contributed by atoms with Crippen LogP contribution in [-0.2, 0) is 9.53 Å². The number of hydrogen-bond acceptors (Lipinski definition) is 6. The number of methoxy groups -OCH3 is 1. The van der Waals surface area contributed by atoms with Crippen LogP contribution in [-0.4, -0.2) is 74.8 Å². The van der Waals surface area contributed by atoms with Crippen molar-refractivity contribution in [2.75, 3.05) is 53.0 Å². The second kappa shape index (κ2) is 10.3. The number of piperazine rings is 1. The number of benzene rings is 1. The lowest BCUT2D eigenvalue weighted by molar-refractivity contribution is -0.136. The molecule has 3 rings (SSSR count). The van der Waals surface area contributed by atoms with E-state index < -0.39 is 12.0 Å². The minimum Gasteiger partial charge on any atom is -0.494 e. The minimum absolute atomic E-state index is 0.332. The normalized spacial score (nSPS) is 20.3. The predicted octanol–water partition coefficient (Wildman–Crippen LogP) is 1.67. The van der Waals surface area contributed by atoms with E-state index in [4.69, 9.17) is 9.47 Å². The molecule has 8 heteroatoms. The van der Waals surface area contributed by atoms with Crippen LogP contribution in [0.25, 0.3) is 0 Å². The zero-order valence-corrected chi connectivity index (χ0v) is 17.6. The summed E-state index contributed by atoms with van der Waals surface area (Å²) in [6, 6.07) is 6.47. The van der Waals surface area contributed by atoms with Gasteiger partial charge in [0.1, 0.15) is 5.75 Å². The molecule has 2 N–H and O–H groups in total. The summed E-state index contributed by atoms with van der Waals surface area (Å²) >= 11 is 0. The van der Waals surface area contributed by atoms with E-state index in [0.717, 1.165) is 44.0 Å². The van der Waals surface area contributed by atoms with Crippen LogP contribution in [0, 0.1) is 0 Å². The monoisotopic (exact) mass is 414 g/mol. The van der Waals surface area contributed by atoms with Gasteiger partial charge in [0.25, 0.3) is 0 Å². The molecule has 30 heavy (non-hydrogen) atoms. The van der Waals surface area contributed by atoms with E-state index in [-0.39, 0.29) is 6.03 Å². The molecule has 1 saturated heterocycles. The second-order valence-corrected chi connectivity index (χ2v) is 7.28. The lowest BCUT2D eigenvalue weighted by atomic mass is 9.95. The fourth-order valence-electron chi connectivity index (χ4n) is 3.80. The van der Waals surface area contributed by atoms with Gasteiger partial charge >= 0.3 is 12.0 Å². The molecular weight excluding hydrogens is 384 g/mol. The molecule has 2 heterocycles. The Morgan fingerprint density at radius 3 is 2.47 bits per heavy atom. The van der Waals surface area contributed by atoms with Crippen LogP contribution >= 0.6 is 0 Å². The molecular formula is C22H30N4O4. The Bertz CT molecular complexity index is 798. The van der Waals surface area contributed by atoms with Crippen molar-refractivity contribution < 1.29 is 19.1 Å². The molecule has 1 aromatic rings. The number of ether oxygens (including phenoxy) is 2. The summed E-state index contributed by atoms with van der Waals surface area (Å²) < 4.78 is 10.5. The summed E-state index contributed by atoms with van der Waals surface area (Å²) in [5, 5.41) is 5.68. The van der Waals surface area contributed by atoms with Gasteiger partial charge in [0.05, 0.1) is 25.3 Å². The number of rotatable bonds is 8. The molecule has 2 aliphatic rings. The van der Waals surface area contributed by atoms with Gasteiger partial charge in [-0.3, -0.25) is 9.80 Å². The third-order valence-corrected chi connectivity index (χ3v) is 5.32. The highest BCUT2D eigenvalue weighted by Gasteiger charge is 2.34. The summed E-state index contributed by atoms with van der Waals surface area (Å²) in [6.07, 6.45) is 1.90. The lowest BCUT2D eigenvalue weighted by Gasteiger charge is -2.36. The fourth-order valence-corrected chi connectivity index (χ4v) is 3.80. The number of urea groups is 1. The molecule has 1 atom stereocenters. The van der Waals surface area contributed by atoms with Crippen molar-refractivity contribution in [3.8, 4) is 5.75 Å². The van der Waals surface area contributed by atoms with Crippen molar-refractivity contribution in [1.29, 1.82) is 0 Å². The summed E-state index contributed by atoms with van der Waals surface area (Å²) in [5.41, 5.74) is 1.80. The first kappa shape index (κ1) is 21.9. The molecule has 2 amide bonds. The van der Waals surface area contributed by atoms with Crippen LogP contribution in [0.2, 0.25) is 0 Å². The first-order valence-electron chi connectivity index (χ1n) is 10.2. The van der Waals surface area contributed by atoms with Crippen molar-refractivity contribution in [3.63, 3.8) is 0 Å². The number of hydrogen-bond donors (Lipinski definition) is 2. The van der Waals surface area contributed by atoms with E-state index in [1.165, 1.54) is 7.11 Å². The third kappa shape index (κ3) is 5.20. The van der Waals surface area contributed by atoms with Crippen molar-refractivity contribution >= 4 is 12.0 Å². The molecule has 1 fully saturated rings. The number of nitrogens with one attached hydrogen (secondary N) is 2. The molecule has 0 radical (unpaired) electrons. The topological polar surface area (TPSA) is 83.1 Å². The number of carbonyl (C=O) groups excluding carboxylic acids is 2. The Kier molecular flexibility index (Phi) is 7.48. The maximum absolute atomic E-state index is 12.7. The van der Waals surface area contributed by atoms with Gasteiger partial charge in [-0.1, -0.05) is 18.2 Å². The summed E-state index contributed by atoms with van der Waals surface area (Å²) in [5.74, 6) is 0.282. The quantitative estimate of drug-likeness (QED) is 0.497. The molecule has 0 aliphatic carbocycles. The van der Waals surface area contributed by atoms with Crippen LogP contribution < -0.4 is 15.4 Å². The number of esters is 1. The van der Waals surface area contributed by atoms with Crippen LogP contribution in [0.4, 0.5) is 4.79 Å². The average molecular weight is 415 g/mol. The molecule has 0 saturated carbocycles. The SMILES string of the molecule is C=CCN1CCN(CC2=C(C(=O)OC)C(c3ccc(OCC)cc3)NC(=O)N2)CC1. The highest BCUT2D eigenvalue weighted by Crippen LogP contribution is 2.29. The third-order valence-electron chi connectivity index (χ3n) is 5.32. The Labute approximate surface area is 177 Å². The van der Waals surface area contributed by atoms with Gasteiger partial charge in [-0.05, 0) is 24.6 Å². The summed E-state index contributed by atoms with van der Waals surface area (Å²) in [6.45, 7) is 11.2. The molecule has 0 bridgehead atoms. The minimum atomic E-state index is -0.584. The van der Waals surface area contributed by atoms with Gasteiger partial charge in [0.15, 0.2) is 0 Å². The van der Waals surface area contributed by atoms with Crippen LogP contribution in [0.5, 0.6) is 5.75 Å². The highest BCUT2D eigenvalue weighted by molar-refractivity contribution is 5.95. The molecule has 1 aromatic carbocycles. The Morgan fingerprint density at radius 2 is 1.87 bits per heavy atom. The second-order valence-electron chi connectivity index (χ2n) is 7.28. The molecule has 0 spiro atoms. The lowest BCUT2D eigenvalue weighted by Crippen LogP contribution is -2.51. The van der Waals surface area contributed by atoms with Gasteiger partial charge in [-0.15, -0.1) is 6.58 Å². The maximum Gasteiger partial charge on any atom is 0.338 e. The largest absolute Gasteiger partial charge is 0.494 e. The highest BCUT2D eigenvalue weighted by atomic mass is 16.5. The average Bonchev–Trinajstić information content (AvgIpc) is 2.75. The Morgan fingerprint density at radius 1 is 1.20 bits per heavy atom. The first-order valence-corrected chi connectivity index (χ1v) is 10.2. The molecule has 2 aliphatic heterocycles. The number of nitrogens with zero attached hydrogens (tertiary/aromatic N) is 2. The van der Waals surface area contributed by atoms with Crippen molar-refractivity contribution in [2.24, 2.45) is 0 Å². The summed E-state index contributed by atoms with van der Waals surface area (Å²) in [4.78, 5) is 29.6. The molecule has 162 valence electrons. The molecule has 0 aromatic heterocycles. The van der Waals surface area contributed by atoms with Crippen molar-refractivity contribution in [1.82, 2.24) is 20.4 Å². The zero-order valence-electron chi connectivity index (χ0n) is 17.6. The zero-order chi connectivity index (χ0) is 21.5. The first-order chi connectivity index (χ1) is 14.5. The van der Waals surface area contributed by atoms with E-state index >= 15 is 0 Å². The number of carbonyl (C=O) groups is 2. The van der Waals surface area contributed by atoms with Gasteiger partial charge in [-0.2, -0.15) is 0 Å². The Balaban J connectivity index is 1.84. The fraction of sp³-hybridized carbons (Fsp3) is 0.455. The van der Waals surface area contributed by atoms with Crippen molar-refractivity contribution in [2.45, 2.75) is 13.0 Å². The number of amides is 2. The van der Waals surface area contributed by atoms with Crippen LogP contribution in [0.3, 0.4) is 0 Å². The van der Waals surface area contributed by atoms with E-state index in [1.807, 2.05) is 37.3 Å². The predicted molar refractivity (Wildman–Crippen MR) is 114 cm³/mol. The van der Waals surface area contributed by atoms with E-state index in [1.54, 1.807) is 0 Å². The van der Waals surface area contributed by atoms with Gasteiger partial charge < -0.3 is 20.1 Å². The van der Waals surface area contributed by atoms with Crippen LogP contribution in [0.15, 0.2) is 48.2 Å².